The first kappa shape index (κ1) is 18.1. The molecule has 2 aromatic carbocycles. The number of rotatable bonds is 4. The van der Waals surface area contributed by atoms with Gasteiger partial charge in [0.15, 0.2) is 6.73 Å². The van der Waals surface area contributed by atoms with Crippen molar-refractivity contribution in [2.24, 2.45) is 0 Å². The molecule has 0 radical (unpaired) electrons. The number of carbonyl (C=O) groups excluding carboxylic acids is 1. The number of nitrogens with zero attached hydrogens (tertiary/aromatic N) is 3. The van der Waals surface area contributed by atoms with Crippen LogP contribution in [0.4, 0.5) is 0 Å². The van der Waals surface area contributed by atoms with Crippen molar-refractivity contribution in [1.82, 2.24) is 15.0 Å². The summed E-state index contributed by atoms with van der Waals surface area (Å²) in [7, 11) is 0. The van der Waals surface area contributed by atoms with Gasteiger partial charge in [0, 0.05) is 0 Å². The fraction of sp³-hybridized carbons (Fsp3) is 0.263. The summed E-state index contributed by atoms with van der Waals surface area (Å²) in [5.41, 5.74) is 1.83. The largest absolute Gasteiger partial charge is 0.439 e. The Morgan fingerprint density at radius 3 is 2.63 bits per heavy atom. The fourth-order valence-corrected chi connectivity index (χ4v) is 5.66. The average Bonchev–Trinajstić information content (AvgIpc) is 2.74. The lowest BCUT2D eigenvalue weighted by atomic mass is 10.1. The molecule has 2 heterocycles. The molecule has 6 nitrogen and oxygen atoms in total. The highest BCUT2D eigenvalue weighted by Crippen LogP contribution is 2.43. The molecule has 138 valence electrons. The minimum Gasteiger partial charge on any atom is -0.439 e. The maximum atomic E-state index is 12.4. The Balaban J connectivity index is 1.43. The lowest BCUT2D eigenvalue weighted by molar-refractivity contribution is 0.0336. The third kappa shape index (κ3) is 4.01. The van der Waals surface area contributed by atoms with Gasteiger partial charge in [-0.1, -0.05) is 29.5 Å². The zero-order chi connectivity index (χ0) is 18.6. The monoisotopic (exact) mass is 399 g/mol. The molecule has 0 aliphatic carbocycles. The molecule has 4 rings (SSSR count). The van der Waals surface area contributed by atoms with Crippen molar-refractivity contribution in [3.63, 3.8) is 0 Å². The number of aromatic nitrogens is 3. The number of thioether (sulfide) groups is 2. The second-order valence-electron chi connectivity index (χ2n) is 6.02. The van der Waals surface area contributed by atoms with Gasteiger partial charge in [0.25, 0.3) is 5.56 Å². The first-order valence-corrected chi connectivity index (χ1v) is 10.6. The minimum absolute atomic E-state index is 0.272. The summed E-state index contributed by atoms with van der Waals surface area (Å²) >= 11 is 3.87. The van der Waals surface area contributed by atoms with Gasteiger partial charge in [0.2, 0.25) is 0 Å². The normalized spacial score (nSPS) is 15.0. The van der Waals surface area contributed by atoms with E-state index >= 15 is 0 Å². The second-order valence-corrected chi connectivity index (χ2v) is 8.75. The van der Waals surface area contributed by atoms with Crippen LogP contribution in [-0.2, 0) is 11.5 Å². The van der Waals surface area contributed by atoms with Crippen LogP contribution in [0.25, 0.3) is 10.9 Å². The molecule has 0 unspecified atom stereocenters. The maximum absolute atomic E-state index is 12.4. The van der Waals surface area contributed by atoms with Crippen LogP contribution >= 0.6 is 23.5 Å². The zero-order valence-corrected chi connectivity index (χ0v) is 16.0. The standard InChI is InChI=1S/C19H17N3O3S2/c23-17-15-4-1-2-5-16(15)20-21-22(17)12-25-18(24)13-6-8-14(9-7-13)19-26-10-3-11-27-19/h1-2,4-9,19H,3,10-12H2. The highest BCUT2D eigenvalue weighted by atomic mass is 32.2. The van der Waals surface area contributed by atoms with E-state index in [9.17, 15) is 9.59 Å². The van der Waals surface area contributed by atoms with E-state index in [0.717, 1.165) is 4.68 Å². The van der Waals surface area contributed by atoms with Crippen molar-refractivity contribution in [3.05, 3.63) is 70.0 Å². The summed E-state index contributed by atoms with van der Waals surface area (Å²) in [5, 5.41) is 8.23. The van der Waals surface area contributed by atoms with Crippen LogP contribution in [0.5, 0.6) is 0 Å². The van der Waals surface area contributed by atoms with Crippen molar-refractivity contribution in [2.75, 3.05) is 11.5 Å². The van der Waals surface area contributed by atoms with E-state index in [1.54, 1.807) is 36.4 Å². The van der Waals surface area contributed by atoms with Gasteiger partial charge in [-0.15, -0.1) is 28.6 Å². The minimum atomic E-state index is -0.493. The number of fused-ring (bicyclic) bond motifs is 1. The SMILES string of the molecule is O=C(OCn1nnc2ccccc2c1=O)c1ccc(C2SCCCS2)cc1. The molecule has 0 spiro atoms. The van der Waals surface area contributed by atoms with Gasteiger partial charge in [-0.05, 0) is 47.8 Å². The van der Waals surface area contributed by atoms with E-state index in [1.807, 2.05) is 35.7 Å². The molecular formula is C19H17N3O3S2. The Hall–Kier alpha value is -2.32. The third-order valence-electron chi connectivity index (χ3n) is 4.19. The first-order valence-electron chi connectivity index (χ1n) is 8.55. The van der Waals surface area contributed by atoms with Crippen molar-refractivity contribution >= 4 is 40.4 Å². The molecule has 1 fully saturated rings. The predicted octanol–water partition coefficient (Wildman–Crippen LogP) is 3.47. The molecule has 0 amide bonds. The molecule has 0 N–H and O–H groups in total. The summed E-state index contributed by atoms with van der Waals surface area (Å²) < 4.78 is 6.71. The van der Waals surface area contributed by atoms with Gasteiger partial charge in [-0.2, -0.15) is 4.68 Å². The molecule has 27 heavy (non-hydrogen) atoms. The summed E-state index contributed by atoms with van der Waals surface area (Å²) in [4.78, 5) is 24.6. The van der Waals surface area contributed by atoms with Gasteiger partial charge in [0.1, 0.15) is 5.52 Å². The Bertz CT molecular complexity index is 1010. The lowest BCUT2D eigenvalue weighted by Crippen LogP contribution is -2.26. The van der Waals surface area contributed by atoms with E-state index < -0.39 is 5.97 Å². The van der Waals surface area contributed by atoms with Crippen LogP contribution in [-0.4, -0.2) is 32.5 Å². The molecule has 3 aromatic rings. The number of carbonyl (C=O) groups is 1. The van der Waals surface area contributed by atoms with Crippen LogP contribution < -0.4 is 5.56 Å². The van der Waals surface area contributed by atoms with Gasteiger partial charge in [-0.3, -0.25) is 4.79 Å². The van der Waals surface area contributed by atoms with Crippen LogP contribution in [0.15, 0.2) is 53.3 Å². The molecule has 1 aliphatic heterocycles. The maximum Gasteiger partial charge on any atom is 0.339 e. The van der Waals surface area contributed by atoms with Gasteiger partial charge >= 0.3 is 5.97 Å². The second kappa shape index (κ2) is 8.14. The Kier molecular flexibility index (Phi) is 5.45. The van der Waals surface area contributed by atoms with E-state index in [-0.39, 0.29) is 12.3 Å². The van der Waals surface area contributed by atoms with Crippen LogP contribution in [0, 0.1) is 0 Å². The molecule has 1 saturated heterocycles. The summed E-state index contributed by atoms with van der Waals surface area (Å²) in [6.07, 6.45) is 1.24. The van der Waals surface area contributed by atoms with Crippen LogP contribution in [0.2, 0.25) is 0 Å². The molecular weight excluding hydrogens is 382 g/mol. The fourth-order valence-electron chi connectivity index (χ4n) is 2.77. The smallest absolute Gasteiger partial charge is 0.339 e. The van der Waals surface area contributed by atoms with E-state index in [2.05, 4.69) is 10.3 Å². The van der Waals surface area contributed by atoms with Crippen molar-refractivity contribution in [3.8, 4) is 0 Å². The topological polar surface area (TPSA) is 74.1 Å². The molecule has 1 aliphatic rings. The first-order chi connectivity index (χ1) is 13.2. The third-order valence-corrected chi connectivity index (χ3v) is 7.21. The number of esters is 1. The number of hydrogen-bond donors (Lipinski definition) is 0. The quantitative estimate of drug-likeness (QED) is 0.622. The van der Waals surface area contributed by atoms with Gasteiger partial charge < -0.3 is 4.74 Å². The molecule has 1 aromatic heterocycles. The summed E-state index contributed by atoms with van der Waals surface area (Å²) in [6.45, 7) is -0.272. The van der Waals surface area contributed by atoms with E-state index in [1.165, 1.54) is 23.5 Å². The summed E-state index contributed by atoms with van der Waals surface area (Å²) in [5.74, 6) is 1.85. The van der Waals surface area contributed by atoms with Crippen LogP contribution in [0.3, 0.4) is 0 Å². The van der Waals surface area contributed by atoms with Crippen molar-refractivity contribution < 1.29 is 9.53 Å². The Labute approximate surface area is 164 Å². The molecule has 0 atom stereocenters. The number of hydrogen-bond acceptors (Lipinski definition) is 7. The molecule has 0 bridgehead atoms. The predicted molar refractivity (Wildman–Crippen MR) is 108 cm³/mol. The highest BCUT2D eigenvalue weighted by molar-refractivity contribution is 8.16. The highest BCUT2D eigenvalue weighted by Gasteiger charge is 2.17. The van der Waals surface area contributed by atoms with E-state index in [0.29, 0.717) is 21.0 Å². The zero-order valence-electron chi connectivity index (χ0n) is 14.4. The molecule has 0 saturated carbocycles. The van der Waals surface area contributed by atoms with Gasteiger partial charge in [-0.25, -0.2) is 4.79 Å². The number of ether oxygens (including phenoxy) is 1. The Morgan fingerprint density at radius 2 is 1.85 bits per heavy atom. The lowest BCUT2D eigenvalue weighted by Gasteiger charge is -2.21. The molecule has 8 heteroatoms. The van der Waals surface area contributed by atoms with Crippen molar-refractivity contribution in [1.29, 1.82) is 0 Å². The van der Waals surface area contributed by atoms with Crippen LogP contribution in [0.1, 0.15) is 26.9 Å². The summed E-state index contributed by atoms with van der Waals surface area (Å²) in [6, 6.07) is 14.4. The van der Waals surface area contributed by atoms with Crippen molar-refractivity contribution in [2.45, 2.75) is 17.7 Å². The van der Waals surface area contributed by atoms with Gasteiger partial charge in [0.05, 0.1) is 15.5 Å². The number of benzene rings is 2. The van der Waals surface area contributed by atoms with E-state index in [4.69, 9.17) is 4.74 Å². The Morgan fingerprint density at radius 1 is 1.11 bits per heavy atom. The average molecular weight is 399 g/mol.